The third-order valence-corrected chi connectivity index (χ3v) is 8.41. The highest BCUT2D eigenvalue weighted by Gasteiger charge is 2.39. The van der Waals surface area contributed by atoms with Gasteiger partial charge < -0.3 is 15.3 Å². The molecular formula is C21H27ClN6O2S. The van der Waals surface area contributed by atoms with E-state index in [0.29, 0.717) is 22.5 Å². The summed E-state index contributed by atoms with van der Waals surface area (Å²) in [5.74, 6) is 3.08. The molecule has 0 unspecified atom stereocenters. The number of anilines is 2. The van der Waals surface area contributed by atoms with Crippen LogP contribution in [0.3, 0.4) is 0 Å². The van der Waals surface area contributed by atoms with Crippen LogP contribution >= 0.6 is 11.6 Å². The largest absolute Gasteiger partial charge is 0.394 e. The van der Waals surface area contributed by atoms with Crippen molar-refractivity contribution < 1.29 is 9.32 Å². The Hall–Kier alpha value is -1.84. The number of hydrogen-bond donors (Lipinski definition) is 2. The van der Waals surface area contributed by atoms with Gasteiger partial charge in [-0.2, -0.15) is 0 Å². The Morgan fingerprint density at radius 1 is 1.19 bits per heavy atom. The van der Waals surface area contributed by atoms with E-state index in [9.17, 15) is 9.32 Å². The van der Waals surface area contributed by atoms with Crippen molar-refractivity contribution in [2.24, 2.45) is 0 Å². The van der Waals surface area contributed by atoms with Crippen LogP contribution in [0.1, 0.15) is 56.0 Å². The third kappa shape index (κ3) is 4.15. The van der Waals surface area contributed by atoms with Crippen LogP contribution in [0.4, 0.5) is 11.8 Å². The summed E-state index contributed by atoms with van der Waals surface area (Å²) in [6, 6.07) is 0. The Balaban J connectivity index is 1.39. The first-order chi connectivity index (χ1) is 15.1. The van der Waals surface area contributed by atoms with Gasteiger partial charge in [0.05, 0.1) is 46.1 Å². The number of aliphatic hydroxyl groups excluding tert-OH is 1. The minimum Gasteiger partial charge on any atom is -0.394 e. The predicted molar refractivity (Wildman–Crippen MR) is 120 cm³/mol. The first-order valence-corrected chi connectivity index (χ1v) is 12.7. The second-order valence-corrected chi connectivity index (χ2v) is 10.7. The summed E-state index contributed by atoms with van der Waals surface area (Å²) >= 11 is 5.90. The van der Waals surface area contributed by atoms with Crippen molar-refractivity contribution in [3.05, 3.63) is 28.9 Å². The highest BCUT2D eigenvalue weighted by Crippen LogP contribution is 2.38. The maximum Gasteiger partial charge on any atom is 0.225 e. The molecular weight excluding hydrogens is 436 g/mol. The van der Waals surface area contributed by atoms with Gasteiger partial charge in [0.2, 0.25) is 5.95 Å². The van der Waals surface area contributed by atoms with E-state index in [2.05, 4.69) is 20.2 Å². The average Bonchev–Trinajstić information content (AvgIpc) is 2.77. The lowest BCUT2D eigenvalue weighted by Crippen LogP contribution is -2.49. The second-order valence-electron chi connectivity index (χ2n) is 8.74. The molecule has 0 spiro atoms. The van der Waals surface area contributed by atoms with Crippen molar-refractivity contribution in [1.29, 1.82) is 0 Å². The van der Waals surface area contributed by atoms with Crippen molar-refractivity contribution in [3.63, 3.8) is 0 Å². The minimum atomic E-state index is -1.09. The standard InChI is InChI=1S/C21H27ClN6O2S/c22-15-11-23-20(24-12-15)28-8-4-14(5-9-28)18-25-16-3-1-10-31(30)17(16)19(26-18)27-21(13-29)6-2-7-21/h11-12,14,29H,1-10,13H2,(H,25,26,27)/t31-/m1/s1. The molecule has 1 saturated carbocycles. The fourth-order valence-corrected chi connectivity index (χ4v) is 6.08. The van der Waals surface area contributed by atoms with Gasteiger partial charge in [0.25, 0.3) is 0 Å². The molecule has 0 bridgehead atoms. The smallest absolute Gasteiger partial charge is 0.225 e. The Labute approximate surface area is 189 Å². The summed E-state index contributed by atoms with van der Waals surface area (Å²) in [6.45, 7) is 1.71. The number of rotatable bonds is 5. The van der Waals surface area contributed by atoms with Crippen LogP contribution in [-0.2, 0) is 17.2 Å². The number of fused-ring (bicyclic) bond motifs is 1. The molecule has 5 rings (SSSR count). The minimum absolute atomic E-state index is 0.0627. The SMILES string of the molecule is O=[S@@]1CCCc2nc(C3CCN(c4ncc(Cl)cn4)CC3)nc(NC3(CO)CCC3)c21. The van der Waals surface area contributed by atoms with Gasteiger partial charge >= 0.3 is 0 Å². The summed E-state index contributed by atoms with van der Waals surface area (Å²) in [5.41, 5.74) is 0.573. The molecule has 4 heterocycles. The molecule has 166 valence electrons. The third-order valence-electron chi connectivity index (χ3n) is 6.67. The Morgan fingerprint density at radius 3 is 2.58 bits per heavy atom. The van der Waals surface area contributed by atoms with E-state index >= 15 is 0 Å². The number of aromatic nitrogens is 4. The number of hydrogen-bond acceptors (Lipinski definition) is 8. The Kier molecular flexibility index (Phi) is 5.83. The van der Waals surface area contributed by atoms with Gasteiger partial charge in [-0.3, -0.25) is 4.21 Å². The molecule has 1 atom stereocenters. The van der Waals surface area contributed by atoms with Crippen molar-refractivity contribution >= 4 is 34.2 Å². The summed E-state index contributed by atoms with van der Waals surface area (Å²) in [7, 11) is -1.09. The van der Waals surface area contributed by atoms with Crippen LogP contribution in [0, 0.1) is 0 Å². The van der Waals surface area contributed by atoms with E-state index in [-0.39, 0.29) is 18.1 Å². The number of nitrogens with one attached hydrogen (secondary N) is 1. The molecule has 2 aromatic rings. The zero-order valence-corrected chi connectivity index (χ0v) is 19.0. The van der Waals surface area contributed by atoms with Crippen LogP contribution < -0.4 is 10.2 Å². The fraction of sp³-hybridized carbons (Fsp3) is 0.619. The predicted octanol–water partition coefficient (Wildman–Crippen LogP) is 2.68. The lowest BCUT2D eigenvalue weighted by Gasteiger charge is -2.42. The molecule has 2 N–H and O–H groups in total. The molecule has 1 saturated heterocycles. The number of piperidine rings is 1. The molecule has 2 aliphatic heterocycles. The van der Waals surface area contributed by atoms with E-state index in [1.165, 1.54) is 0 Å². The molecule has 2 aromatic heterocycles. The van der Waals surface area contributed by atoms with Crippen LogP contribution in [0.5, 0.6) is 0 Å². The van der Waals surface area contributed by atoms with Crippen molar-refractivity contribution in [3.8, 4) is 0 Å². The van der Waals surface area contributed by atoms with E-state index in [1.807, 2.05) is 0 Å². The summed E-state index contributed by atoms with van der Waals surface area (Å²) < 4.78 is 12.8. The first kappa shape index (κ1) is 21.0. The van der Waals surface area contributed by atoms with Gasteiger partial charge in [-0.15, -0.1) is 0 Å². The van der Waals surface area contributed by atoms with Crippen LogP contribution in [0.2, 0.25) is 5.02 Å². The molecule has 31 heavy (non-hydrogen) atoms. The van der Waals surface area contributed by atoms with Gasteiger partial charge in [0.15, 0.2) is 0 Å². The molecule has 2 fully saturated rings. The van der Waals surface area contributed by atoms with Gasteiger partial charge in [-0.05, 0) is 44.9 Å². The Bertz CT molecular complexity index is 971. The quantitative estimate of drug-likeness (QED) is 0.698. The molecule has 1 aliphatic carbocycles. The number of aryl methyl sites for hydroxylation is 1. The second kappa shape index (κ2) is 8.60. The number of aliphatic hydroxyl groups is 1. The van der Waals surface area contributed by atoms with E-state index in [4.69, 9.17) is 21.6 Å². The first-order valence-electron chi connectivity index (χ1n) is 11.0. The lowest BCUT2D eigenvalue weighted by atomic mass is 9.77. The zero-order chi connectivity index (χ0) is 21.4. The molecule has 10 heteroatoms. The van der Waals surface area contributed by atoms with Crippen molar-refractivity contribution in [2.75, 3.05) is 35.7 Å². The fourth-order valence-electron chi connectivity index (χ4n) is 4.65. The number of nitrogens with zero attached hydrogens (tertiary/aromatic N) is 5. The van der Waals surface area contributed by atoms with Gasteiger partial charge in [0.1, 0.15) is 16.5 Å². The van der Waals surface area contributed by atoms with Crippen LogP contribution in [-0.4, -0.2) is 60.2 Å². The summed E-state index contributed by atoms with van der Waals surface area (Å²) in [4.78, 5) is 21.3. The van der Waals surface area contributed by atoms with Crippen molar-refractivity contribution in [2.45, 2.75) is 61.3 Å². The van der Waals surface area contributed by atoms with E-state index in [1.54, 1.807) is 12.4 Å². The molecule has 0 amide bonds. The molecule has 3 aliphatic rings. The van der Waals surface area contributed by atoms with Gasteiger partial charge in [-0.25, -0.2) is 19.9 Å². The Morgan fingerprint density at radius 2 is 1.94 bits per heavy atom. The highest BCUT2D eigenvalue weighted by molar-refractivity contribution is 7.85. The maximum absolute atomic E-state index is 12.8. The summed E-state index contributed by atoms with van der Waals surface area (Å²) in [5, 5.41) is 13.9. The molecule has 0 aromatic carbocycles. The van der Waals surface area contributed by atoms with Gasteiger partial charge in [-0.1, -0.05) is 11.6 Å². The average molecular weight is 463 g/mol. The highest BCUT2D eigenvalue weighted by atomic mass is 35.5. The number of halogens is 1. The molecule has 0 radical (unpaired) electrons. The maximum atomic E-state index is 12.8. The van der Waals surface area contributed by atoms with Crippen LogP contribution in [0.15, 0.2) is 17.3 Å². The van der Waals surface area contributed by atoms with Crippen LogP contribution in [0.25, 0.3) is 0 Å². The van der Waals surface area contributed by atoms with Gasteiger partial charge in [0, 0.05) is 24.8 Å². The topological polar surface area (TPSA) is 104 Å². The lowest BCUT2D eigenvalue weighted by molar-refractivity contribution is 0.143. The van der Waals surface area contributed by atoms with E-state index < -0.39 is 10.8 Å². The monoisotopic (exact) mass is 462 g/mol. The normalized spacial score (nSPS) is 23.2. The zero-order valence-electron chi connectivity index (χ0n) is 17.4. The summed E-state index contributed by atoms with van der Waals surface area (Å²) in [6.07, 6.45) is 9.66. The van der Waals surface area contributed by atoms with Crippen molar-refractivity contribution in [1.82, 2.24) is 19.9 Å². The van der Waals surface area contributed by atoms with E-state index in [0.717, 1.165) is 74.4 Å². The molecule has 8 nitrogen and oxygen atoms in total.